The number of aryl methyl sites for hydroxylation is 1. The standard InChI is InChI=1S/C74H64N2/c1-49-19-18-29-69-72(49)63-40-39-62(46-70(63)74(69,2)3)76(71-30-17-16-28-64(71)73-56-42-50-41-51(44-56)45-57(73)43-50)61-37-33-55(34-38-61)68-48-65(52-20-8-4-9-21-52)67(47-66(68)53-22-10-5-11-23-53)54-31-35-60(36-32-54)75(58-24-12-6-13-25-58)59-26-14-7-15-27-59/h4-40,46-48,50-51,56-57,73H,41-45H2,1-3H3. The van der Waals surface area contributed by atoms with Gasteiger partial charge in [0.05, 0.1) is 0 Å². The van der Waals surface area contributed by atoms with Crippen molar-refractivity contribution < 1.29 is 0 Å². The van der Waals surface area contributed by atoms with Crippen molar-refractivity contribution in [3.05, 3.63) is 265 Å². The van der Waals surface area contributed by atoms with Gasteiger partial charge in [0, 0.05) is 39.5 Å². The molecule has 0 spiro atoms. The molecule has 0 N–H and O–H groups in total. The summed E-state index contributed by atoms with van der Waals surface area (Å²) in [4.78, 5) is 4.95. The van der Waals surface area contributed by atoms with Gasteiger partial charge in [0.1, 0.15) is 0 Å². The van der Waals surface area contributed by atoms with E-state index in [0.29, 0.717) is 5.92 Å². The largest absolute Gasteiger partial charge is 0.311 e. The molecule has 76 heavy (non-hydrogen) atoms. The first-order valence-corrected chi connectivity index (χ1v) is 27.9. The highest BCUT2D eigenvalue weighted by atomic mass is 15.1. The second-order valence-corrected chi connectivity index (χ2v) is 23.0. The molecule has 2 nitrogen and oxygen atoms in total. The predicted octanol–water partition coefficient (Wildman–Crippen LogP) is 20.4. The second-order valence-electron chi connectivity index (χ2n) is 23.0. The summed E-state index contributed by atoms with van der Waals surface area (Å²) in [6.45, 7) is 7.11. The molecule has 0 radical (unpaired) electrons. The van der Waals surface area contributed by atoms with Crippen LogP contribution in [0.25, 0.3) is 55.6 Å². The van der Waals surface area contributed by atoms with Crippen LogP contribution in [0, 0.1) is 30.6 Å². The van der Waals surface area contributed by atoms with Gasteiger partial charge in [-0.25, -0.2) is 0 Å². The maximum absolute atomic E-state index is 2.62. The van der Waals surface area contributed by atoms with Crippen molar-refractivity contribution in [3.63, 3.8) is 0 Å². The lowest BCUT2D eigenvalue weighted by Crippen LogP contribution is -2.44. The molecule has 5 aliphatic carbocycles. The quantitative estimate of drug-likeness (QED) is 0.127. The average Bonchev–Trinajstić information content (AvgIpc) is 3.72. The number of para-hydroxylation sites is 3. The first kappa shape index (κ1) is 46.3. The summed E-state index contributed by atoms with van der Waals surface area (Å²) < 4.78 is 0. The Morgan fingerprint density at radius 2 is 0.776 bits per heavy atom. The number of anilines is 6. The summed E-state index contributed by atoms with van der Waals surface area (Å²) in [6, 6.07) is 90.6. The number of hydrogen-bond donors (Lipinski definition) is 0. The summed E-state index contributed by atoms with van der Waals surface area (Å²) in [5.41, 5.74) is 25.1. The minimum absolute atomic E-state index is 0.119. The van der Waals surface area contributed by atoms with Crippen LogP contribution in [-0.2, 0) is 5.41 Å². The molecule has 0 aliphatic heterocycles. The van der Waals surface area contributed by atoms with Crippen LogP contribution < -0.4 is 9.80 Å². The number of benzene rings is 10. The lowest BCUT2D eigenvalue weighted by molar-refractivity contribution is -0.00259. The van der Waals surface area contributed by atoms with E-state index in [4.69, 9.17) is 0 Å². The van der Waals surface area contributed by atoms with E-state index >= 15 is 0 Å². The summed E-state index contributed by atoms with van der Waals surface area (Å²) in [5, 5.41) is 0. The highest BCUT2D eigenvalue weighted by Crippen LogP contribution is 2.62. The van der Waals surface area contributed by atoms with Crippen LogP contribution in [0.2, 0.25) is 0 Å². The predicted molar refractivity (Wildman–Crippen MR) is 320 cm³/mol. The van der Waals surface area contributed by atoms with Gasteiger partial charge in [-0.3, -0.25) is 0 Å². The van der Waals surface area contributed by atoms with Gasteiger partial charge in [0.15, 0.2) is 0 Å². The smallest absolute Gasteiger partial charge is 0.0496 e. The maximum atomic E-state index is 2.62. The third-order valence-corrected chi connectivity index (χ3v) is 18.1. The topological polar surface area (TPSA) is 6.48 Å². The lowest BCUT2D eigenvalue weighted by Gasteiger charge is -2.55. The van der Waals surface area contributed by atoms with E-state index in [2.05, 4.69) is 273 Å². The zero-order valence-corrected chi connectivity index (χ0v) is 43.9. The minimum atomic E-state index is -0.119. The van der Waals surface area contributed by atoms with Crippen molar-refractivity contribution in [1.29, 1.82) is 0 Å². The summed E-state index contributed by atoms with van der Waals surface area (Å²) >= 11 is 0. The Morgan fingerprint density at radius 1 is 0.342 bits per heavy atom. The van der Waals surface area contributed by atoms with E-state index in [1.165, 1.54) is 127 Å². The fraction of sp³-hybridized carbons (Fsp3) is 0.189. The SMILES string of the molecule is Cc1cccc2c1-c1ccc(N(c3ccc(-c4cc(-c5ccccc5)c(-c5ccc(N(c6ccccc6)c6ccccc6)cc5)cc4-c4ccccc4)cc3)c3ccccc3C3C4CC5CC(C4)CC3C5)cc1C2(C)C. The third kappa shape index (κ3) is 8.00. The first-order chi connectivity index (χ1) is 37.3. The Labute approximate surface area is 450 Å². The molecule has 2 heteroatoms. The molecule has 0 atom stereocenters. The number of rotatable bonds is 11. The Balaban J connectivity index is 0.906. The van der Waals surface area contributed by atoms with Crippen LogP contribution in [0.5, 0.6) is 0 Å². The van der Waals surface area contributed by atoms with Crippen LogP contribution in [0.1, 0.15) is 74.1 Å². The molecule has 10 aromatic rings. The monoisotopic (exact) mass is 981 g/mol. The van der Waals surface area contributed by atoms with Crippen LogP contribution in [0.15, 0.2) is 243 Å². The van der Waals surface area contributed by atoms with E-state index in [1.807, 2.05) is 0 Å². The summed E-state index contributed by atoms with van der Waals surface area (Å²) in [7, 11) is 0. The molecular weight excluding hydrogens is 917 g/mol. The fourth-order valence-corrected chi connectivity index (χ4v) is 14.9. The molecule has 0 aromatic heterocycles. The van der Waals surface area contributed by atoms with Gasteiger partial charge < -0.3 is 9.80 Å². The zero-order chi connectivity index (χ0) is 50.9. The van der Waals surface area contributed by atoms with Gasteiger partial charge in [-0.05, 0) is 225 Å². The molecule has 4 saturated carbocycles. The van der Waals surface area contributed by atoms with Crippen LogP contribution in [0.4, 0.5) is 34.1 Å². The van der Waals surface area contributed by atoms with E-state index in [0.717, 1.165) is 40.7 Å². The molecule has 4 bridgehead atoms. The molecule has 0 heterocycles. The van der Waals surface area contributed by atoms with Gasteiger partial charge >= 0.3 is 0 Å². The van der Waals surface area contributed by atoms with Gasteiger partial charge in [-0.2, -0.15) is 0 Å². The molecular formula is C74H64N2. The van der Waals surface area contributed by atoms with E-state index in [9.17, 15) is 0 Å². The van der Waals surface area contributed by atoms with Crippen LogP contribution in [-0.4, -0.2) is 0 Å². The average molecular weight is 981 g/mol. The first-order valence-electron chi connectivity index (χ1n) is 27.9. The van der Waals surface area contributed by atoms with Crippen molar-refractivity contribution in [2.24, 2.45) is 23.7 Å². The normalized spacial score (nSPS) is 19.5. The minimum Gasteiger partial charge on any atom is -0.311 e. The van der Waals surface area contributed by atoms with Gasteiger partial charge in [-0.1, -0.05) is 178 Å². The van der Waals surface area contributed by atoms with Crippen molar-refractivity contribution in [3.8, 4) is 55.6 Å². The summed E-state index contributed by atoms with van der Waals surface area (Å²) in [6.07, 6.45) is 7.04. The highest BCUT2D eigenvalue weighted by molar-refractivity contribution is 5.96. The van der Waals surface area contributed by atoms with Gasteiger partial charge in [0.25, 0.3) is 0 Å². The van der Waals surface area contributed by atoms with Gasteiger partial charge in [-0.15, -0.1) is 0 Å². The molecule has 4 fully saturated rings. The van der Waals surface area contributed by atoms with Crippen LogP contribution >= 0.6 is 0 Å². The molecule has 370 valence electrons. The Kier molecular flexibility index (Phi) is 11.5. The summed E-state index contributed by atoms with van der Waals surface area (Å²) in [5.74, 6) is 3.98. The van der Waals surface area contributed by atoms with Crippen molar-refractivity contribution >= 4 is 34.1 Å². The molecule has 15 rings (SSSR count). The maximum Gasteiger partial charge on any atom is 0.0496 e. The number of fused-ring (bicyclic) bond motifs is 3. The van der Waals surface area contributed by atoms with Crippen LogP contribution in [0.3, 0.4) is 0 Å². The Morgan fingerprint density at radius 3 is 1.30 bits per heavy atom. The van der Waals surface area contributed by atoms with Crippen molar-refractivity contribution in [2.45, 2.75) is 64.2 Å². The second kappa shape index (κ2) is 18.9. The van der Waals surface area contributed by atoms with E-state index in [-0.39, 0.29) is 5.41 Å². The number of nitrogens with zero attached hydrogens (tertiary/aromatic N) is 2. The van der Waals surface area contributed by atoms with Gasteiger partial charge in [0.2, 0.25) is 0 Å². The zero-order valence-electron chi connectivity index (χ0n) is 43.9. The van der Waals surface area contributed by atoms with E-state index in [1.54, 1.807) is 0 Å². The van der Waals surface area contributed by atoms with Crippen molar-refractivity contribution in [1.82, 2.24) is 0 Å². The molecule has 0 unspecified atom stereocenters. The number of hydrogen-bond acceptors (Lipinski definition) is 2. The lowest BCUT2D eigenvalue weighted by atomic mass is 9.50. The Bertz CT molecular complexity index is 3660. The molecule has 0 amide bonds. The molecule has 5 aliphatic rings. The molecule has 10 aromatic carbocycles. The Hall–Kier alpha value is -8.20. The molecule has 0 saturated heterocycles. The van der Waals surface area contributed by atoms with Crippen molar-refractivity contribution in [2.75, 3.05) is 9.80 Å². The fourth-order valence-electron chi connectivity index (χ4n) is 14.9. The highest BCUT2D eigenvalue weighted by Gasteiger charge is 2.49. The van der Waals surface area contributed by atoms with E-state index < -0.39 is 0 Å². The third-order valence-electron chi connectivity index (χ3n) is 18.1.